The Hall–Kier alpha value is -4.81. The smallest absolute Gasteiger partial charge is 0.248 e. The molecule has 8 nitrogen and oxygen atoms in total. The third kappa shape index (κ3) is 5.81. The van der Waals surface area contributed by atoms with Gasteiger partial charge in [-0.3, -0.25) is 14.5 Å². The van der Waals surface area contributed by atoms with Crippen LogP contribution in [0.1, 0.15) is 23.7 Å². The van der Waals surface area contributed by atoms with Gasteiger partial charge in [-0.1, -0.05) is 18.2 Å². The fourth-order valence-electron chi connectivity index (χ4n) is 3.30. The maximum Gasteiger partial charge on any atom is 0.248 e. The monoisotopic (exact) mass is 495 g/mol. The van der Waals surface area contributed by atoms with Gasteiger partial charge in [0.05, 0.1) is 11.4 Å². The molecular formula is C27H21N5O3S. The van der Waals surface area contributed by atoms with E-state index in [1.165, 1.54) is 29.2 Å². The topological polar surface area (TPSA) is 108 Å². The fraction of sp³-hybridized carbons (Fsp3) is 0.0741. The standard InChI is InChI=1S/C27H21N5O3S/c1-18-15-23(35-26-20(16-28)7-6-14-29-26)11-12-24(18)31-25(34)13-10-21-17-36-27(30-21)32(19(2)33)22-8-4-3-5-9-22/h3-15,17H,1-2H3,(H,31,34). The minimum Gasteiger partial charge on any atom is -0.438 e. The average Bonchev–Trinajstić information content (AvgIpc) is 3.33. The number of pyridine rings is 1. The number of nitriles is 1. The van der Waals surface area contributed by atoms with E-state index in [9.17, 15) is 14.9 Å². The van der Waals surface area contributed by atoms with Crippen LogP contribution in [0.3, 0.4) is 0 Å². The third-order valence-corrected chi connectivity index (χ3v) is 5.84. The van der Waals surface area contributed by atoms with E-state index in [4.69, 9.17) is 4.74 Å². The van der Waals surface area contributed by atoms with Crippen molar-refractivity contribution in [2.24, 2.45) is 0 Å². The highest BCUT2D eigenvalue weighted by atomic mass is 32.1. The number of amides is 2. The Bertz CT molecular complexity index is 1470. The fourth-order valence-corrected chi connectivity index (χ4v) is 4.16. The van der Waals surface area contributed by atoms with Gasteiger partial charge < -0.3 is 10.1 Å². The first kappa shape index (κ1) is 24.3. The number of hydrogen-bond acceptors (Lipinski definition) is 7. The van der Waals surface area contributed by atoms with Crippen LogP contribution < -0.4 is 15.0 Å². The van der Waals surface area contributed by atoms with Gasteiger partial charge in [-0.2, -0.15) is 5.26 Å². The predicted molar refractivity (Wildman–Crippen MR) is 139 cm³/mol. The Kier molecular flexibility index (Phi) is 7.48. The second-order valence-corrected chi connectivity index (χ2v) is 8.45. The van der Waals surface area contributed by atoms with Gasteiger partial charge in [0.15, 0.2) is 5.13 Å². The van der Waals surface area contributed by atoms with Crippen LogP contribution in [-0.2, 0) is 9.59 Å². The first-order valence-corrected chi connectivity index (χ1v) is 11.8. The van der Waals surface area contributed by atoms with E-state index < -0.39 is 0 Å². The molecule has 0 aliphatic carbocycles. The lowest BCUT2D eigenvalue weighted by Gasteiger charge is -2.17. The zero-order valence-corrected chi connectivity index (χ0v) is 20.3. The quantitative estimate of drug-likeness (QED) is 0.322. The van der Waals surface area contributed by atoms with Crippen molar-refractivity contribution in [2.75, 3.05) is 10.2 Å². The van der Waals surface area contributed by atoms with Gasteiger partial charge >= 0.3 is 0 Å². The molecule has 2 aromatic heterocycles. The minimum atomic E-state index is -0.329. The van der Waals surface area contributed by atoms with Gasteiger partial charge in [-0.25, -0.2) is 9.97 Å². The summed E-state index contributed by atoms with van der Waals surface area (Å²) >= 11 is 1.32. The number of carbonyl (C=O) groups excluding carboxylic acids is 2. The second kappa shape index (κ2) is 11.1. The van der Waals surface area contributed by atoms with Crippen LogP contribution in [0.25, 0.3) is 6.08 Å². The Morgan fingerprint density at radius 2 is 1.94 bits per heavy atom. The molecule has 178 valence electrons. The molecule has 1 N–H and O–H groups in total. The number of nitrogens with zero attached hydrogens (tertiary/aromatic N) is 4. The molecule has 0 radical (unpaired) electrons. The van der Waals surface area contributed by atoms with Crippen LogP contribution in [0.15, 0.2) is 78.3 Å². The average molecular weight is 496 g/mol. The van der Waals surface area contributed by atoms with Crippen LogP contribution in [0.4, 0.5) is 16.5 Å². The summed E-state index contributed by atoms with van der Waals surface area (Å²) in [6.45, 7) is 3.32. The van der Waals surface area contributed by atoms with E-state index in [1.807, 2.05) is 43.3 Å². The summed E-state index contributed by atoms with van der Waals surface area (Å²) in [7, 11) is 0. The third-order valence-electron chi connectivity index (χ3n) is 5.00. The molecule has 0 atom stereocenters. The molecule has 0 aliphatic heterocycles. The number of rotatable bonds is 7. The van der Waals surface area contributed by atoms with E-state index in [2.05, 4.69) is 15.3 Å². The maximum absolute atomic E-state index is 12.5. The van der Waals surface area contributed by atoms with E-state index in [0.717, 1.165) is 11.3 Å². The molecule has 2 amide bonds. The summed E-state index contributed by atoms with van der Waals surface area (Å²) in [5.74, 6) is 0.236. The molecule has 4 aromatic rings. The van der Waals surface area contributed by atoms with Crippen molar-refractivity contribution in [3.05, 3.63) is 95.1 Å². The Morgan fingerprint density at radius 1 is 1.14 bits per heavy atom. The molecule has 0 bridgehead atoms. The molecule has 0 spiro atoms. The number of benzene rings is 2. The maximum atomic E-state index is 12.5. The van der Waals surface area contributed by atoms with Gasteiger partial charge in [0, 0.05) is 30.3 Å². The zero-order valence-electron chi connectivity index (χ0n) is 19.5. The number of carbonyl (C=O) groups is 2. The van der Waals surface area contributed by atoms with Crippen LogP contribution in [-0.4, -0.2) is 21.8 Å². The summed E-state index contributed by atoms with van der Waals surface area (Å²) in [4.78, 5) is 34.8. The lowest BCUT2D eigenvalue weighted by molar-refractivity contribution is -0.116. The highest BCUT2D eigenvalue weighted by Gasteiger charge is 2.17. The number of nitrogens with one attached hydrogen (secondary N) is 1. The number of hydrogen-bond donors (Lipinski definition) is 1. The number of aromatic nitrogens is 2. The largest absolute Gasteiger partial charge is 0.438 e. The van der Waals surface area contributed by atoms with Crippen LogP contribution in [0.5, 0.6) is 11.6 Å². The van der Waals surface area contributed by atoms with E-state index in [1.54, 1.807) is 48.0 Å². The Morgan fingerprint density at radius 3 is 2.67 bits per heavy atom. The molecular weight excluding hydrogens is 474 g/mol. The highest BCUT2D eigenvalue weighted by Crippen LogP contribution is 2.29. The van der Waals surface area contributed by atoms with Crippen molar-refractivity contribution in [3.8, 4) is 17.7 Å². The van der Waals surface area contributed by atoms with Gasteiger partial charge in [0.2, 0.25) is 17.7 Å². The van der Waals surface area contributed by atoms with Crippen LogP contribution in [0.2, 0.25) is 0 Å². The SMILES string of the molecule is CC(=O)N(c1ccccc1)c1nc(C=CC(=O)Nc2ccc(Oc3ncccc3C#N)cc2C)cs1. The number of anilines is 3. The van der Waals surface area contributed by atoms with Crippen molar-refractivity contribution in [1.29, 1.82) is 5.26 Å². The van der Waals surface area contributed by atoms with Crippen LogP contribution in [0, 0.1) is 18.3 Å². The summed E-state index contributed by atoms with van der Waals surface area (Å²) in [6, 6.07) is 19.8. The molecule has 0 saturated carbocycles. The zero-order chi connectivity index (χ0) is 25.5. The first-order chi connectivity index (χ1) is 17.4. The number of aryl methyl sites for hydroxylation is 1. The van der Waals surface area contributed by atoms with Crippen molar-refractivity contribution in [3.63, 3.8) is 0 Å². The lowest BCUT2D eigenvalue weighted by Crippen LogP contribution is -2.22. The van der Waals surface area contributed by atoms with Gasteiger partial charge in [0.25, 0.3) is 0 Å². The molecule has 4 rings (SSSR count). The summed E-state index contributed by atoms with van der Waals surface area (Å²) in [5, 5.41) is 14.3. The molecule has 36 heavy (non-hydrogen) atoms. The molecule has 0 fully saturated rings. The molecule has 0 unspecified atom stereocenters. The normalized spacial score (nSPS) is 10.6. The Labute approximate surface area is 212 Å². The van der Waals surface area contributed by atoms with E-state index in [0.29, 0.717) is 27.8 Å². The molecule has 0 saturated heterocycles. The second-order valence-electron chi connectivity index (χ2n) is 7.61. The highest BCUT2D eigenvalue weighted by molar-refractivity contribution is 7.14. The number of para-hydroxylation sites is 1. The lowest BCUT2D eigenvalue weighted by atomic mass is 10.2. The molecule has 2 heterocycles. The summed E-state index contributed by atoms with van der Waals surface area (Å²) in [5.41, 5.74) is 3.01. The van der Waals surface area contributed by atoms with Crippen molar-refractivity contribution in [2.45, 2.75) is 13.8 Å². The van der Waals surface area contributed by atoms with Gasteiger partial charge in [-0.05, 0) is 61.0 Å². The van der Waals surface area contributed by atoms with Gasteiger partial charge in [0.1, 0.15) is 17.4 Å². The Balaban J connectivity index is 1.42. The summed E-state index contributed by atoms with van der Waals surface area (Å²) < 4.78 is 5.72. The van der Waals surface area contributed by atoms with Gasteiger partial charge in [-0.15, -0.1) is 11.3 Å². The molecule has 2 aromatic carbocycles. The number of thiazole rings is 1. The van der Waals surface area contributed by atoms with E-state index in [-0.39, 0.29) is 17.7 Å². The van der Waals surface area contributed by atoms with Crippen molar-refractivity contribution >= 4 is 45.7 Å². The number of ether oxygens (including phenoxy) is 1. The summed E-state index contributed by atoms with van der Waals surface area (Å²) in [6.07, 6.45) is 4.53. The van der Waals surface area contributed by atoms with Crippen LogP contribution >= 0.6 is 11.3 Å². The predicted octanol–water partition coefficient (Wildman–Crippen LogP) is 5.85. The van der Waals surface area contributed by atoms with Crippen molar-refractivity contribution in [1.82, 2.24) is 9.97 Å². The molecule has 0 aliphatic rings. The molecule has 9 heteroatoms. The van der Waals surface area contributed by atoms with E-state index >= 15 is 0 Å². The first-order valence-electron chi connectivity index (χ1n) is 10.9. The minimum absolute atomic E-state index is 0.154. The van der Waals surface area contributed by atoms with Crippen molar-refractivity contribution < 1.29 is 14.3 Å².